The van der Waals surface area contributed by atoms with Gasteiger partial charge in [-0.05, 0) is 18.2 Å². The number of carbonyl (C=O) groups excluding carboxylic acids is 1. The lowest BCUT2D eigenvalue weighted by Gasteiger charge is -1.91. The number of rotatable bonds is 1. The Balaban J connectivity index is 2.16. The third kappa shape index (κ3) is 2.80. The average Bonchev–Trinajstić information content (AvgIpc) is 2.66. The first-order chi connectivity index (χ1) is 8.16. The highest BCUT2D eigenvalue weighted by molar-refractivity contribution is 8.13. The molecule has 5 heteroatoms. The number of nitrogen functional groups attached to an aromatic ring is 1. The third-order valence-corrected chi connectivity index (χ3v) is 2.87. The molecule has 0 spiro atoms. The summed E-state index contributed by atoms with van der Waals surface area (Å²) in [4.78, 5) is 10.7. The van der Waals surface area contributed by atoms with Crippen LogP contribution in [-0.4, -0.2) is 21.1 Å². The first-order valence-corrected chi connectivity index (χ1v) is 6.01. The van der Waals surface area contributed by atoms with Crippen LogP contribution in [0.3, 0.4) is 0 Å². The van der Waals surface area contributed by atoms with Crippen molar-refractivity contribution in [2.24, 2.45) is 0 Å². The highest BCUT2D eigenvalue weighted by Gasteiger charge is 2.01. The van der Waals surface area contributed by atoms with Gasteiger partial charge in [-0.3, -0.25) is 9.89 Å². The maximum absolute atomic E-state index is 10.7. The number of hydrogen-bond donors (Lipinski definition) is 2. The SMILES string of the molecule is CC(=O)SCC#Cc1ccc2c(N)n[nH]c2c1. The van der Waals surface area contributed by atoms with Crippen molar-refractivity contribution in [2.45, 2.75) is 6.92 Å². The molecule has 0 saturated carbocycles. The molecule has 0 bridgehead atoms. The van der Waals surface area contributed by atoms with Crippen LogP contribution >= 0.6 is 11.8 Å². The van der Waals surface area contributed by atoms with Crippen molar-refractivity contribution in [3.05, 3.63) is 23.8 Å². The quantitative estimate of drug-likeness (QED) is 0.751. The molecular weight excluding hydrogens is 234 g/mol. The second-order valence-corrected chi connectivity index (χ2v) is 4.60. The van der Waals surface area contributed by atoms with Gasteiger partial charge in [0.2, 0.25) is 0 Å². The molecule has 86 valence electrons. The molecule has 0 saturated heterocycles. The minimum Gasteiger partial charge on any atom is -0.382 e. The van der Waals surface area contributed by atoms with Gasteiger partial charge in [0.1, 0.15) is 0 Å². The Bertz CT molecular complexity index is 621. The van der Waals surface area contributed by atoms with Gasteiger partial charge in [-0.1, -0.05) is 23.6 Å². The number of aromatic nitrogens is 2. The summed E-state index contributed by atoms with van der Waals surface area (Å²) in [5.41, 5.74) is 7.41. The molecule has 0 aliphatic heterocycles. The molecule has 0 amide bonds. The fraction of sp³-hybridized carbons (Fsp3) is 0.167. The van der Waals surface area contributed by atoms with Crippen molar-refractivity contribution >= 4 is 33.6 Å². The number of H-pyrrole nitrogens is 1. The van der Waals surface area contributed by atoms with Crippen molar-refractivity contribution in [1.82, 2.24) is 10.2 Å². The summed E-state index contributed by atoms with van der Waals surface area (Å²) in [6.07, 6.45) is 0. The van der Waals surface area contributed by atoms with E-state index in [1.165, 1.54) is 18.7 Å². The number of fused-ring (bicyclic) bond motifs is 1. The van der Waals surface area contributed by atoms with E-state index in [-0.39, 0.29) is 5.12 Å². The van der Waals surface area contributed by atoms with Gasteiger partial charge in [0.05, 0.1) is 11.3 Å². The zero-order chi connectivity index (χ0) is 12.3. The molecule has 0 unspecified atom stereocenters. The molecule has 0 radical (unpaired) electrons. The van der Waals surface area contributed by atoms with E-state index in [0.29, 0.717) is 11.6 Å². The fourth-order valence-electron chi connectivity index (χ4n) is 1.39. The zero-order valence-electron chi connectivity index (χ0n) is 9.28. The van der Waals surface area contributed by atoms with E-state index < -0.39 is 0 Å². The Morgan fingerprint density at radius 2 is 2.41 bits per heavy atom. The molecule has 0 aliphatic rings. The van der Waals surface area contributed by atoms with Crippen LogP contribution in [0, 0.1) is 11.8 Å². The lowest BCUT2D eigenvalue weighted by atomic mass is 10.1. The van der Waals surface area contributed by atoms with Crippen LogP contribution in [0.25, 0.3) is 10.9 Å². The molecule has 2 aromatic rings. The van der Waals surface area contributed by atoms with E-state index in [2.05, 4.69) is 22.0 Å². The normalized spacial score (nSPS) is 9.94. The van der Waals surface area contributed by atoms with E-state index in [1.54, 1.807) is 0 Å². The smallest absolute Gasteiger partial charge is 0.186 e. The molecule has 3 N–H and O–H groups in total. The van der Waals surface area contributed by atoms with E-state index in [1.807, 2.05) is 18.2 Å². The maximum Gasteiger partial charge on any atom is 0.186 e. The molecule has 1 aromatic heterocycles. The molecule has 17 heavy (non-hydrogen) atoms. The number of aromatic amines is 1. The van der Waals surface area contributed by atoms with Crippen LogP contribution in [0.15, 0.2) is 18.2 Å². The van der Waals surface area contributed by atoms with Crippen LogP contribution in [0.1, 0.15) is 12.5 Å². The van der Waals surface area contributed by atoms with Crippen molar-refractivity contribution < 1.29 is 4.79 Å². The second-order valence-electron chi connectivity index (χ2n) is 3.45. The number of nitrogens with one attached hydrogen (secondary N) is 1. The first kappa shape index (κ1) is 11.6. The Morgan fingerprint density at radius 1 is 1.59 bits per heavy atom. The van der Waals surface area contributed by atoms with Gasteiger partial charge in [-0.2, -0.15) is 5.10 Å². The van der Waals surface area contributed by atoms with E-state index in [9.17, 15) is 4.79 Å². The van der Waals surface area contributed by atoms with Gasteiger partial charge in [-0.25, -0.2) is 0 Å². The standard InChI is InChI=1S/C12H11N3OS/c1-8(16)17-6-2-3-9-4-5-10-11(7-9)14-15-12(10)13/h4-5,7H,6H2,1H3,(H3,13,14,15). The van der Waals surface area contributed by atoms with E-state index in [4.69, 9.17) is 5.73 Å². The molecule has 0 fully saturated rings. The lowest BCUT2D eigenvalue weighted by Crippen LogP contribution is -1.84. The summed E-state index contributed by atoms with van der Waals surface area (Å²) in [7, 11) is 0. The molecule has 0 aliphatic carbocycles. The lowest BCUT2D eigenvalue weighted by molar-refractivity contribution is -0.109. The van der Waals surface area contributed by atoms with Crippen LogP contribution in [0.5, 0.6) is 0 Å². The highest BCUT2D eigenvalue weighted by Crippen LogP contribution is 2.18. The van der Waals surface area contributed by atoms with Gasteiger partial charge < -0.3 is 5.73 Å². The Hall–Kier alpha value is -1.93. The van der Waals surface area contributed by atoms with Gasteiger partial charge in [0.25, 0.3) is 0 Å². The van der Waals surface area contributed by atoms with Crippen molar-refractivity contribution in [3.8, 4) is 11.8 Å². The largest absolute Gasteiger partial charge is 0.382 e. The predicted octanol–water partition coefficient (Wildman–Crippen LogP) is 1.78. The molecule has 4 nitrogen and oxygen atoms in total. The minimum atomic E-state index is 0.0797. The Morgan fingerprint density at radius 3 is 3.18 bits per heavy atom. The number of nitrogens with zero attached hydrogens (tertiary/aromatic N) is 1. The predicted molar refractivity (Wildman–Crippen MR) is 70.5 cm³/mol. The van der Waals surface area contributed by atoms with Crippen LogP contribution in [0.2, 0.25) is 0 Å². The van der Waals surface area contributed by atoms with E-state index >= 15 is 0 Å². The van der Waals surface area contributed by atoms with Gasteiger partial charge in [0.15, 0.2) is 10.9 Å². The summed E-state index contributed by atoms with van der Waals surface area (Å²) in [5, 5.41) is 7.72. The summed E-state index contributed by atoms with van der Waals surface area (Å²) in [6, 6.07) is 5.67. The third-order valence-electron chi connectivity index (χ3n) is 2.17. The summed E-state index contributed by atoms with van der Waals surface area (Å²) in [6.45, 7) is 1.53. The van der Waals surface area contributed by atoms with Gasteiger partial charge >= 0.3 is 0 Å². The molecular formula is C12H11N3OS. The van der Waals surface area contributed by atoms with Crippen molar-refractivity contribution in [1.29, 1.82) is 0 Å². The monoisotopic (exact) mass is 245 g/mol. The molecule has 1 aromatic carbocycles. The number of anilines is 1. The van der Waals surface area contributed by atoms with Crippen LogP contribution < -0.4 is 5.73 Å². The topological polar surface area (TPSA) is 71.8 Å². The first-order valence-electron chi connectivity index (χ1n) is 5.02. The summed E-state index contributed by atoms with van der Waals surface area (Å²) >= 11 is 1.21. The van der Waals surface area contributed by atoms with Crippen LogP contribution in [-0.2, 0) is 4.79 Å². The number of benzene rings is 1. The molecule has 2 rings (SSSR count). The summed E-state index contributed by atoms with van der Waals surface area (Å²) in [5.74, 6) is 6.93. The van der Waals surface area contributed by atoms with Crippen LogP contribution in [0.4, 0.5) is 5.82 Å². The van der Waals surface area contributed by atoms with Crippen molar-refractivity contribution in [2.75, 3.05) is 11.5 Å². The summed E-state index contributed by atoms with van der Waals surface area (Å²) < 4.78 is 0. The van der Waals surface area contributed by atoms with E-state index in [0.717, 1.165) is 16.5 Å². The molecule has 0 atom stereocenters. The number of carbonyl (C=O) groups is 1. The Labute approximate surface area is 103 Å². The number of hydrogen-bond acceptors (Lipinski definition) is 4. The highest BCUT2D eigenvalue weighted by atomic mass is 32.2. The number of nitrogens with two attached hydrogens (primary N) is 1. The number of thioether (sulfide) groups is 1. The zero-order valence-corrected chi connectivity index (χ0v) is 10.1. The average molecular weight is 245 g/mol. The maximum atomic E-state index is 10.7. The second kappa shape index (κ2) is 4.93. The minimum absolute atomic E-state index is 0.0797. The van der Waals surface area contributed by atoms with Gasteiger partial charge in [-0.15, -0.1) is 0 Å². The fourth-order valence-corrected chi connectivity index (χ4v) is 1.74. The molecule has 1 heterocycles. The Kier molecular flexibility index (Phi) is 3.35. The van der Waals surface area contributed by atoms with Crippen molar-refractivity contribution in [3.63, 3.8) is 0 Å². The van der Waals surface area contributed by atoms with Gasteiger partial charge in [0, 0.05) is 17.9 Å².